The largest absolute Gasteiger partial charge is 0.445 e. The van der Waals surface area contributed by atoms with Gasteiger partial charge >= 0.3 is 12.1 Å². The smallest absolute Gasteiger partial charge is 0.404 e. The van der Waals surface area contributed by atoms with E-state index >= 15 is 0 Å². The SMILES string of the molecule is C#CCCC(NC(=O)[C@@H]1C[C@@H](OC(N)=O)CN1C[C@@H](NC(=O)N[C@H](CN1CCC(C)(C)CC1O)C(C)(C)C)C1(C)CCCCC1)C(=O)C(=O)NCC=C. The van der Waals surface area contributed by atoms with Crippen molar-refractivity contribution < 1.29 is 33.8 Å². The Hall–Kier alpha value is -3.67. The van der Waals surface area contributed by atoms with Crippen LogP contribution in [0.3, 0.4) is 0 Å². The molecule has 0 bridgehead atoms. The van der Waals surface area contributed by atoms with Gasteiger partial charge in [0, 0.05) is 57.6 Å². The van der Waals surface area contributed by atoms with Crippen LogP contribution in [-0.2, 0) is 19.1 Å². The number of Topliss-reactive ketones (excluding diaryl/α,β-unsaturated/α-hetero) is 1. The van der Waals surface area contributed by atoms with Gasteiger partial charge in [-0.15, -0.1) is 18.9 Å². The number of nitrogens with zero attached hydrogens (tertiary/aromatic N) is 2. The Morgan fingerprint density at radius 2 is 1.72 bits per heavy atom. The van der Waals surface area contributed by atoms with E-state index in [0.29, 0.717) is 13.0 Å². The van der Waals surface area contributed by atoms with Crippen molar-refractivity contribution in [3.05, 3.63) is 12.7 Å². The third-order valence-corrected chi connectivity index (χ3v) is 11.4. The minimum atomic E-state index is -1.17. The quantitative estimate of drug-likeness (QED) is 0.0783. The number of nitrogens with one attached hydrogen (secondary N) is 4. The number of urea groups is 1. The molecule has 6 atom stereocenters. The van der Waals surface area contributed by atoms with E-state index in [1.54, 1.807) is 0 Å². The number of aliphatic hydroxyl groups is 1. The molecule has 2 unspecified atom stereocenters. The van der Waals surface area contributed by atoms with E-state index in [2.05, 4.69) is 75.3 Å². The Morgan fingerprint density at radius 1 is 1.04 bits per heavy atom. The zero-order valence-electron chi connectivity index (χ0n) is 32.8. The number of terminal acetylenes is 1. The van der Waals surface area contributed by atoms with Gasteiger partial charge in [0.1, 0.15) is 12.3 Å². The molecule has 298 valence electrons. The van der Waals surface area contributed by atoms with Crippen molar-refractivity contribution in [3.8, 4) is 12.3 Å². The zero-order valence-corrected chi connectivity index (χ0v) is 32.8. The maximum atomic E-state index is 14.0. The molecule has 3 aliphatic rings. The van der Waals surface area contributed by atoms with Gasteiger partial charge in [0.2, 0.25) is 11.7 Å². The van der Waals surface area contributed by atoms with Gasteiger partial charge in [-0.25, -0.2) is 9.59 Å². The standard InChI is InChI=1S/C39H65N7O7/c1-9-11-15-27(32(48)34(50)41-19-10-2)42-33(49)28-21-26(53-35(40)51)23-46(28)25-30(39(8)16-13-12-14-17-39)44-36(52)43-29(37(3,4)5)24-45-20-18-38(6,7)22-31(45)47/h1,10,26-31,47H,2,11-25H2,3-8H3,(H2,40,51)(H,41,50)(H,42,49)(H2,43,44,52)/t26-,27?,28+,29-,30-,31?/m1/s1. The van der Waals surface area contributed by atoms with E-state index < -0.39 is 54.1 Å². The Labute approximate surface area is 316 Å². The summed E-state index contributed by atoms with van der Waals surface area (Å²) in [5, 5.41) is 22.7. The molecule has 3 fully saturated rings. The number of piperidine rings is 1. The number of carbonyl (C=O) groups excluding carboxylic acids is 5. The van der Waals surface area contributed by atoms with Crippen LogP contribution in [0.2, 0.25) is 0 Å². The first-order valence-electron chi connectivity index (χ1n) is 19.1. The molecule has 14 nitrogen and oxygen atoms in total. The first kappa shape index (κ1) is 43.7. The highest BCUT2D eigenvalue weighted by atomic mass is 16.6. The maximum absolute atomic E-state index is 14.0. The molecule has 2 saturated heterocycles. The van der Waals surface area contributed by atoms with Gasteiger partial charge in [0.05, 0.1) is 12.1 Å². The molecule has 7 N–H and O–H groups in total. The second-order valence-corrected chi connectivity index (χ2v) is 17.3. The molecular weight excluding hydrogens is 678 g/mol. The van der Waals surface area contributed by atoms with Crippen LogP contribution in [0.5, 0.6) is 0 Å². The summed E-state index contributed by atoms with van der Waals surface area (Å²) in [5.74, 6) is 0.238. The first-order valence-corrected chi connectivity index (χ1v) is 19.1. The summed E-state index contributed by atoms with van der Waals surface area (Å²) in [7, 11) is 0. The summed E-state index contributed by atoms with van der Waals surface area (Å²) in [5.41, 5.74) is 4.81. The maximum Gasteiger partial charge on any atom is 0.404 e. The molecule has 14 heteroatoms. The van der Waals surface area contributed by atoms with Crippen molar-refractivity contribution >= 4 is 29.7 Å². The molecule has 1 aliphatic carbocycles. The number of ether oxygens (including phenoxy) is 1. The fourth-order valence-electron chi connectivity index (χ4n) is 7.81. The van der Waals surface area contributed by atoms with Crippen LogP contribution < -0.4 is 27.0 Å². The van der Waals surface area contributed by atoms with Crippen molar-refractivity contribution in [1.29, 1.82) is 0 Å². The van der Waals surface area contributed by atoms with Crippen molar-refractivity contribution in [2.75, 3.05) is 32.7 Å². The van der Waals surface area contributed by atoms with Gasteiger partial charge in [0.15, 0.2) is 0 Å². The van der Waals surface area contributed by atoms with Crippen LogP contribution in [0.4, 0.5) is 9.59 Å². The molecule has 0 aromatic rings. The highest BCUT2D eigenvalue weighted by Gasteiger charge is 2.45. The second kappa shape index (κ2) is 19.1. The summed E-state index contributed by atoms with van der Waals surface area (Å²) in [6, 6.07) is -3.06. The summed E-state index contributed by atoms with van der Waals surface area (Å²) in [6.45, 7) is 17.9. The molecule has 2 heterocycles. The van der Waals surface area contributed by atoms with E-state index in [-0.39, 0.29) is 67.2 Å². The van der Waals surface area contributed by atoms with Crippen LogP contribution in [0.15, 0.2) is 12.7 Å². The monoisotopic (exact) mass is 743 g/mol. The molecule has 5 amide bonds. The lowest BCUT2D eigenvalue weighted by Gasteiger charge is -2.45. The van der Waals surface area contributed by atoms with Crippen LogP contribution in [0, 0.1) is 28.6 Å². The van der Waals surface area contributed by atoms with Crippen molar-refractivity contribution in [3.63, 3.8) is 0 Å². The Morgan fingerprint density at radius 3 is 2.30 bits per heavy atom. The van der Waals surface area contributed by atoms with Gasteiger partial charge in [-0.3, -0.25) is 24.2 Å². The van der Waals surface area contributed by atoms with Crippen LogP contribution in [-0.4, -0.2) is 114 Å². The number of hydrogen-bond donors (Lipinski definition) is 6. The number of primary amides is 1. The molecule has 0 aromatic carbocycles. The number of hydrogen-bond acceptors (Lipinski definition) is 9. The molecule has 0 radical (unpaired) electrons. The van der Waals surface area contributed by atoms with Gasteiger partial charge < -0.3 is 36.8 Å². The predicted octanol–water partition coefficient (Wildman–Crippen LogP) is 2.79. The first-order chi connectivity index (χ1) is 24.8. The van der Waals surface area contributed by atoms with Crippen LogP contribution in [0.1, 0.15) is 106 Å². The number of aliphatic hydroxyl groups excluding tert-OH is 1. The normalized spacial score (nSPS) is 24.8. The lowest BCUT2D eigenvalue weighted by atomic mass is 9.70. The highest BCUT2D eigenvalue weighted by Crippen LogP contribution is 2.40. The summed E-state index contributed by atoms with van der Waals surface area (Å²) in [4.78, 5) is 69.3. The molecule has 3 rings (SSSR count). The number of amides is 5. The molecule has 0 aromatic heterocycles. The van der Waals surface area contributed by atoms with E-state index in [1.807, 2.05) is 9.80 Å². The molecule has 1 saturated carbocycles. The highest BCUT2D eigenvalue weighted by molar-refractivity contribution is 6.38. The number of rotatable bonds is 16. The lowest BCUT2D eigenvalue weighted by Crippen LogP contribution is -2.61. The van der Waals surface area contributed by atoms with Crippen molar-refractivity contribution in [2.45, 2.75) is 142 Å². The predicted molar refractivity (Wildman–Crippen MR) is 203 cm³/mol. The number of nitrogens with two attached hydrogens (primary N) is 1. The van der Waals surface area contributed by atoms with Gasteiger partial charge in [-0.1, -0.05) is 66.9 Å². The van der Waals surface area contributed by atoms with Crippen LogP contribution >= 0.6 is 0 Å². The average Bonchev–Trinajstić information content (AvgIpc) is 3.46. The lowest BCUT2D eigenvalue weighted by molar-refractivity contribution is -0.140. The Bertz CT molecular complexity index is 1350. The van der Waals surface area contributed by atoms with Crippen LogP contribution in [0.25, 0.3) is 0 Å². The summed E-state index contributed by atoms with van der Waals surface area (Å²) < 4.78 is 5.36. The van der Waals surface area contributed by atoms with E-state index in [4.69, 9.17) is 16.9 Å². The molecule has 0 spiro atoms. The third kappa shape index (κ3) is 13.0. The second-order valence-electron chi connectivity index (χ2n) is 17.3. The van der Waals surface area contributed by atoms with E-state index in [9.17, 15) is 29.1 Å². The van der Waals surface area contributed by atoms with Gasteiger partial charge in [-0.2, -0.15) is 0 Å². The Balaban J connectivity index is 1.85. The average molecular weight is 744 g/mol. The fourth-order valence-corrected chi connectivity index (χ4v) is 7.81. The van der Waals surface area contributed by atoms with Crippen molar-refractivity contribution in [2.24, 2.45) is 22.0 Å². The van der Waals surface area contributed by atoms with Gasteiger partial charge in [0.25, 0.3) is 5.91 Å². The van der Waals surface area contributed by atoms with E-state index in [1.165, 1.54) is 6.08 Å². The van der Waals surface area contributed by atoms with Crippen molar-refractivity contribution in [1.82, 2.24) is 31.1 Å². The minimum Gasteiger partial charge on any atom is -0.445 e. The number of ketones is 1. The fraction of sp³-hybridized carbons (Fsp3) is 0.769. The molecule has 53 heavy (non-hydrogen) atoms. The van der Waals surface area contributed by atoms with E-state index in [0.717, 1.165) is 45.1 Å². The summed E-state index contributed by atoms with van der Waals surface area (Å²) >= 11 is 0. The molecular formula is C39H65N7O7. The number of carbonyl (C=O) groups is 5. The minimum absolute atomic E-state index is 0.0462. The number of likely N-dealkylation sites (tertiary alicyclic amines) is 2. The molecule has 2 aliphatic heterocycles. The zero-order chi connectivity index (χ0) is 39.6. The topological polar surface area (TPSA) is 195 Å². The third-order valence-electron chi connectivity index (χ3n) is 11.4. The van der Waals surface area contributed by atoms with Gasteiger partial charge in [-0.05, 0) is 48.3 Å². The Kier molecular flexibility index (Phi) is 15.7. The summed E-state index contributed by atoms with van der Waals surface area (Å²) in [6.07, 6.45) is 11.3.